The van der Waals surface area contributed by atoms with Crippen LogP contribution in [0, 0.1) is 17.2 Å². The maximum Gasteiger partial charge on any atom is 0.357 e. The van der Waals surface area contributed by atoms with E-state index >= 15 is 0 Å². The fraction of sp³-hybridized carbons (Fsp3) is 0.368. The van der Waals surface area contributed by atoms with Gasteiger partial charge in [0.25, 0.3) is 5.91 Å². The van der Waals surface area contributed by atoms with E-state index in [-0.39, 0.29) is 11.6 Å². The van der Waals surface area contributed by atoms with Gasteiger partial charge in [0.15, 0.2) is 6.10 Å². The lowest BCUT2D eigenvalue weighted by atomic mass is 9.90. The molecule has 1 aromatic heterocycles. The van der Waals surface area contributed by atoms with E-state index in [0.29, 0.717) is 5.69 Å². The quantitative estimate of drug-likeness (QED) is 0.679. The number of H-pyrrole nitrogens is 1. The summed E-state index contributed by atoms with van der Waals surface area (Å²) in [6.07, 6.45) is -1.05. The molecule has 142 valence electrons. The van der Waals surface area contributed by atoms with Crippen LogP contribution in [-0.2, 0) is 9.53 Å². The summed E-state index contributed by atoms with van der Waals surface area (Å²) in [6.45, 7) is 6.74. The van der Waals surface area contributed by atoms with Crippen LogP contribution in [0.2, 0.25) is 0 Å². The first kappa shape index (κ1) is 20.6. The van der Waals surface area contributed by atoms with Crippen LogP contribution in [-0.4, -0.2) is 33.7 Å². The molecule has 0 saturated carbocycles. The van der Waals surface area contributed by atoms with E-state index < -0.39 is 23.5 Å². The normalized spacial score (nSPS) is 14.1. The third-order valence-electron chi connectivity index (χ3n) is 4.36. The molecule has 2 N–H and O–H groups in total. The number of hydrogen-bond acceptors (Lipinski definition) is 5. The monoisotopic (exact) mass is 432 g/mol. The van der Waals surface area contributed by atoms with Crippen molar-refractivity contribution in [2.45, 2.75) is 39.3 Å². The van der Waals surface area contributed by atoms with Crippen molar-refractivity contribution in [2.24, 2.45) is 5.92 Å². The molecule has 0 aliphatic heterocycles. The zero-order valence-corrected chi connectivity index (χ0v) is 17.1. The van der Waals surface area contributed by atoms with Crippen LogP contribution < -0.4 is 5.32 Å². The number of nitriles is 1. The second-order valence-corrected chi connectivity index (χ2v) is 7.60. The van der Waals surface area contributed by atoms with Gasteiger partial charge in [-0.15, -0.1) is 0 Å². The Bertz CT molecular complexity index is 870. The molecule has 1 amide bonds. The van der Waals surface area contributed by atoms with Gasteiger partial charge < -0.3 is 10.1 Å². The number of amides is 1. The number of aromatic amines is 1. The molecule has 2 atom stereocenters. The van der Waals surface area contributed by atoms with Crippen LogP contribution in [0.5, 0.6) is 0 Å². The SMILES string of the molecule is CC(C)[C@@](C)(C#N)NC(=O)[C@H](C)OC(=O)c1cc(-c2ccc(Br)cc2)n[nH]1. The molecule has 1 aromatic carbocycles. The van der Waals surface area contributed by atoms with Crippen LogP contribution in [0.1, 0.15) is 38.2 Å². The predicted molar refractivity (Wildman–Crippen MR) is 104 cm³/mol. The molecular weight excluding hydrogens is 412 g/mol. The molecule has 0 unspecified atom stereocenters. The molecule has 0 aliphatic carbocycles. The van der Waals surface area contributed by atoms with Crippen LogP contribution in [0.3, 0.4) is 0 Å². The number of ether oxygens (including phenoxy) is 1. The van der Waals surface area contributed by atoms with E-state index in [1.807, 2.05) is 38.1 Å². The number of halogens is 1. The Morgan fingerprint density at radius 2 is 1.93 bits per heavy atom. The summed E-state index contributed by atoms with van der Waals surface area (Å²) >= 11 is 3.36. The van der Waals surface area contributed by atoms with E-state index in [2.05, 4.69) is 37.5 Å². The Morgan fingerprint density at radius 3 is 2.48 bits per heavy atom. The molecule has 0 fully saturated rings. The van der Waals surface area contributed by atoms with Gasteiger partial charge in [-0.3, -0.25) is 9.89 Å². The molecule has 8 heteroatoms. The lowest BCUT2D eigenvalue weighted by Crippen LogP contribution is -2.52. The van der Waals surface area contributed by atoms with Gasteiger partial charge in [-0.2, -0.15) is 10.4 Å². The first-order chi connectivity index (χ1) is 12.7. The minimum atomic E-state index is -1.05. The average molecular weight is 433 g/mol. The first-order valence-corrected chi connectivity index (χ1v) is 9.21. The topological polar surface area (TPSA) is 108 Å². The number of carbonyl (C=O) groups is 2. The number of hydrogen-bond donors (Lipinski definition) is 2. The molecular formula is C19H21BrN4O3. The number of aromatic nitrogens is 2. The zero-order valence-electron chi connectivity index (χ0n) is 15.5. The largest absolute Gasteiger partial charge is 0.448 e. The molecule has 0 bridgehead atoms. The molecule has 0 radical (unpaired) electrons. The van der Waals surface area contributed by atoms with E-state index in [4.69, 9.17) is 4.74 Å². The van der Waals surface area contributed by atoms with E-state index in [1.165, 1.54) is 6.92 Å². The Morgan fingerprint density at radius 1 is 1.30 bits per heavy atom. The second kappa shape index (κ2) is 8.35. The second-order valence-electron chi connectivity index (χ2n) is 6.68. The van der Waals surface area contributed by atoms with Gasteiger partial charge in [-0.05, 0) is 38.0 Å². The summed E-state index contributed by atoms with van der Waals surface area (Å²) in [5, 5.41) is 18.6. The third-order valence-corrected chi connectivity index (χ3v) is 4.89. The maximum atomic E-state index is 12.3. The summed E-state index contributed by atoms with van der Waals surface area (Å²) in [7, 11) is 0. The van der Waals surface area contributed by atoms with Gasteiger partial charge in [0.1, 0.15) is 11.2 Å². The summed E-state index contributed by atoms with van der Waals surface area (Å²) in [5.74, 6) is -1.33. The number of rotatable bonds is 6. The highest BCUT2D eigenvalue weighted by atomic mass is 79.9. The predicted octanol–water partition coefficient (Wildman–Crippen LogP) is 3.44. The van der Waals surface area contributed by atoms with Crippen LogP contribution in [0.15, 0.2) is 34.8 Å². The van der Waals surface area contributed by atoms with Crippen LogP contribution in [0.25, 0.3) is 11.3 Å². The summed E-state index contributed by atoms with van der Waals surface area (Å²) in [4.78, 5) is 24.6. The van der Waals surface area contributed by atoms with Crippen LogP contribution in [0.4, 0.5) is 0 Å². The number of carbonyl (C=O) groups excluding carboxylic acids is 2. The maximum absolute atomic E-state index is 12.3. The number of benzene rings is 1. The summed E-state index contributed by atoms with van der Waals surface area (Å²) in [6, 6.07) is 11.1. The molecule has 2 rings (SSSR count). The van der Waals surface area contributed by atoms with Gasteiger partial charge in [0.05, 0.1) is 11.8 Å². The zero-order chi connectivity index (χ0) is 20.2. The van der Waals surface area contributed by atoms with E-state index in [9.17, 15) is 14.9 Å². The third kappa shape index (κ3) is 4.95. The standard InChI is InChI=1S/C19H21BrN4O3/c1-11(2)19(4,10-21)22-17(25)12(3)27-18(26)16-9-15(23-24-16)13-5-7-14(20)8-6-13/h5-9,11-12H,1-4H3,(H,22,25)(H,23,24)/t12-,19+/m0/s1. The fourth-order valence-corrected chi connectivity index (χ4v) is 2.40. The molecule has 0 aliphatic rings. The van der Waals surface area contributed by atoms with E-state index in [1.54, 1.807) is 13.0 Å². The summed E-state index contributed by atoms with van der Waals surface area (Å²) < 4.78 is 6.13. The average Bonchev–Trinajstić information content (AvgIpc) is 3.12. The van der Waals surface area contributed by atoms with E-state index in [0.717, 1.165) is 10.0 Å². The van der Waals surface area contributed by atoms with Crippen molar-refractivity contribution in [3.05, 3.63) is 40.5 Å². The van der Waals surface area contributed by atoms with Gasteiger partial charge >= 0.3 is 5.97 Å². The van der Waals surface area contributed by atoms with Crippen LogP contribution >= 0.6 is 15.9 Å². The van der Waals surface area contributed by atoms with Gasteiger partial charge in [-0.1, -0.05) is 41.9 Å². The van der Waals surface area contributed by atoms with Crippen molar-refractivity contribution in [3.63, 3.8) is 0 Å². The smallest absolute Gasteiger partial charge is 0.357 e. The lowest BCUT2D eigenvalue weighted by molar-refractivity contribution is -0.130. The molecule has 2 aromatic rings. The minimum Gasteiger partial charge on any atom is -0.448 e. The van der Waals surface area contributed by atoms with Gasteiger partial charge in [-0.25, -0.2) is 4.79 Å². The van der Waals surface area contributed by atoms with Crippen molar-refractivity contribution in [3.8, 4) is 17.3 Å². The van der Waals surface area contributed by atoms with Crippen molar-refractivity contribution in [1.29, 1.82) is 5.26 Å². The van der Waals surface area contributed by atoms with Gasteiger partial charge in [0, 0.05) is 10.0 Å². The molecule has 7 nitrogen and oxygen atoms in total. The van der Waals surface area contributed by atoms with Crippen molar-refractivity contribution in [1.82, 2.24) is 15.5 Å². The van der Waals surface area contributed by atoms with Crippen molar-refractivity contribution < 1.29 is 14.3 Å². The van der Waals surface area contributed by atoms with Gasteiger partial charge in [0.2, 0.25) is 0 Å². The molecule has 1 heterocycles. The number of nitrogens with zero attached hydrogens (tertiary/aromatic N) is 2. The Kier molecular flexibility index (Phi) is 6.39. The molecule has 0 saturated heterocycles. The highest BCUT2D eigenvalue weighted by Crippen LogP contribution is 2.21. The highest BCUT2D eigenvalue weighted by molar-refractivity contribution is 9.10. The Hall–Kier alpha value is -2.66. The molecule has 0 spiro atoms. The summed E-state index contributed by atoms with van der Waals surface area (Å²) in [5.41, 5.74) is 0.518. The Labute approximate surface area is 166 Å². The fourth-order valence-electron chi connectivity index (χ4n) is 2.13. The minimum absolute atomic E-state index is 0.101. The first-order valence-electron chi connectivity index (χ1n) is 8.42. The van der Waals surface area contributed by atoms with Crippen molar-refractivity contribution >= 4 is 27.8 Å². The number of esters is 1. The number of nitrogens with one attached hydrogen (secondary N) is 2. The highest BCUT2D eigenvalue weighted by Gasteiger charge is 2.32. The lowest BCUT2D eigenvalue weighted by Gasteiger charge is -2.28. The van der Waals surface area contributed by atoms with Crippen molar-refractivity contribution in [2.75, 3.05) is 0 Å². The molecule has 27 heavy (non-hydrogen) atoms. The Balaban J connectivity index is 2.03.